The summed E-state index contributed by atoms with van der Waals surface area (Å²) in [5.74, 6) is -0.325. The van der Waals surface area contributed by atoms with E-state index in [0.717, 1.165) is 0 Å². The Hall–Kier alpha value is -2.69. The van der Waals surface area contributed by atoms with Gasteiger partial charge < -0.3 is 10.1 Å². The number of nitro groups is 1. The standard InChI is InChI=1S/C18H20ClN3O6S/c1-4-28-17-8-7-14(10-15(17)19)29(26,27)21-12(3)18(23)20-16-9-13(22(24)25)6-5-11(16)2/h5-10,12,21H,4H2,1-3H3,(H,20,23)/t12-/m0/s1. The average molecular weight is 442 g/mol. The van der Waals surface area contributed by atoms with Crippen LogP contribution in [0, 0.1) is 17.0 Å². The number of anilines is 1. The van der Waals surface area contributed by atoms with Crippen molar-refractivity contribution in [1.29, 1.82) is 0 Å². The first-order valence-electron chi connectivity index (χ1n) is 8.55. The van der Waals surface area contributed by atoms with Crippen molar-refractivity contribution in [3.63, 3.8) is 0 Å². The molecule has 156 valence electrons. The first-order valence-corrected chi connectivity index (χ1v) is 10.4. The van der Waals surface area contributed by atoms with Gasteiger partial charge in [0.1, 0.15) is 5.75 Å². The van der Waals surface area contributed by atoms with Crippen molar-refractivity contribution in [2.75, 3.05) is 11.9 Å². The molecule has 29 heavy (non-hydrogen) atoms. The summed E-state index contributed by atoms with van der Waals surface area (Å²) in [6.07, 6.45) is 0. The molecule has 9 nitrogen and oxygen atoms in total. The highest BCUT2D eigenvalue weighted by molar-refractivity contribution is 7.89. The molecule has 0 aliphatic rings. The van der Waals surface area contributed by atoms with Crippen LogP contribution in [0.3, 0.4) is 0 Å². The normalized spacial score (nSPS) is 12.3. The number of aryl methyl sites for hydroxylation is 1. The van der Waals surface area contributed by atoms with Gasteiger partial charge in [0.25, 0.3) is 5.69 Å². The molecule has 1 amide bonds. The van der Waals surface area contributed by atoms with Crippen LogP contribution in [0.1, 0.15) is 19.4 Å². The van der Waals surface area contributed by atoms with E-state index in [0.29, 0.717) is 17.9 Å². The maximum absolute atomic E-state index is 12.6. The summed E-state index contributed by atoms with van der Waals surface area (Å²) >= 11 is 6.03. The van der Waals surface area contributed by atoms with Crippen molar-refractivity contribution in [1.82, 2.24) is 4.72 Å². The SMILES string of the molecule is CCOc1ccc(S(=O)(=O)N[C@@H](C)C(=O)Nc2cc([N+](=O)[O-])ccc2C)cc1Cl. The van der Waals surface area contributed by atoms with Crippen LogP contribution in [0.15, 0.2) is 41.3 Å². The maximum atomic E-state index is 12.6. The minimum atomic E-state index is -4.04. The zero-order valence-electron chi connectivity index (χ0n) is 15.9. The van der Waals surface area contributed by atoms with Crippen LogP contribution in [0.5, 0.6) is 5.75 Å². The first kappa shape index (κ1) is 22.6. The van der Waals surface area contributed by atoms with Crippen molar-refractivity contribution in [3.8, 4) is 5.75 Å². The molecule has 0 unspecified atom stereocenters. The van der Waals surface area contributed by atoms with E-state index < -0.39 is 26.9 Å². The largest absolute Gasteiger partial charge is 0.492 e. The Labute approximate surface area is 173 Å². The summed E-state index contributed by atoms with van der Waals surface area (Å²) < 4.78 is 32.6. The third-order valence-electron chi connectivity index (χ3n) is 3.93. The second-order valence-corrected chi connectivity index (χ2v) is 8.23. The number of nitrogens with one attached hydrogen (secondary N) is 2. The Morgan fingerprint density at radius 1 is 1.28 bits per heavy atom. The molecule has 0 fully saturated rings. The molecule has 0 spiro atoms. The molecule has 0 aliphatic carbocycles. The van der Waals surface area contributed by atoms with Crippen molar-refractivity contribution < 1.29 is 22.9 Å². The Morgan fingerprint density at radius 3 is 2.55 bits per heavy atom. The summed E-state index contributed by atoms with van der Waals surface area (Å²) in [6.45, 7) is 5.16. The Bertz CT molecular complexity index is 1040. The maximum Gasteiger partial charge on any atom is 0.271 e. The molecule has 2 N–H and O–H groups in total. The lowest BCUT2D eigenvalue weighted by Crippen LogP contribution is -2.41. The van der Waals surface area contributed by atoms with E-state index in [2.05, 4.69) is 10.0 Å². The molecule has 0 bridgehead atoms. The summed E-state index contributed by atoms with van der Waals surface area (Å²) in [5, 5.41) is 13.5. The zero-order valence-corrected chi connectivity index (χ0v) is 17.5. The van der Waals surface area contributed by atoms with Crippen LogP contribution in [-0.4, -0.2) is 31.9 Å². The summed E-state index contributed by atoms with van der Waals surface area (Å²) in [6, 6.07) is 6.83. The molecule has 0 saturated carbocycles. The highest BCUT2D eigenvalue weighted by Crippen LogP contribution is 2.27. The molecule has 2 rings (SSSR count). The van der Waals surface area contributed by atoms with E-state index in [1.165, 1.54) is 43.3 Å². The molecule has 2 aromatic carbocycles. The molecule has 0 saturated heterocycles. The molecule has 0 aliphatic heterocycles. The van der Waals surface area contributed by atoms with E-state index in [1.807, 2.05) is 0 Å². The number of non-ortho nitro benzene ring substituents is 1. The van der Waals surface area contributed by atoms with Gasteiger partial charge in [-0.05, 0) is 44.5 Å². The number of sulfonamides is 1. The van der Waals surface area contributed by atoms with Gasteiger partial charge in [0.15, 0.2) is 0 Å². The number of ether oxygens (including phenoxy) is 1. The van der Waals surface area contributed by atoms with Crippen LogP contribution in [0.4, 0.5) is 11.4 Å². The summed E-state index contributed by atoms with van der Waals surface area (Å²) in [7, 11) is -4.04. The number of nitro benzene ring substituents is 1. The van der Waals surface area contributed by atoms with Gasteiger partial charge in [-0.2, -0.15) is 4.72 Å². The number of hydrogen-bond acceptors (Lipinski definition) is 6. The minimum absolute atomic E-state index is 0.124. The van der Waals surface area contributed by atoms with Gasteiger partial charge in [-0.3, -0.25) is 14.9 Å². The molecule has 2 aromatic rings. The van der Waals surface area contributed by atoms with Gasteiger partial charge in [-0.25, -0.2) is 8.42 Å². The number of carbonyl (C=O) groups excluding carboxylic acids is 1. The zero-order chi connectivity index (χ0) is 21.8. The number of hydrogen-bond donors (Lipinski definition) is 2. The van der Waals surface area contributed by atoms with Gasteiger partial charge in [0.05, 0.1) is 33.2 Å². The van der Waals surface area contributed by atoms with E-state index in [-0.39, 0.29) is 21.3 Å². The Balaban J connectivity index is 2.15. The molecular formula is C18H20ClN3O6S. The van der Waals surface area contributed by atoms with Gasteiger partial charge in [-0.15, -0.1) is 0 Å². The number of rotatable bonds is 8. The third kappa shape index (κ3) is 5.66. The number of amides is 1. The molecule has 0 aromatic heterocycles. The lowest BCUT2D eigenvalue weighted by atomic mass is 10.1. The second-order valence-electron chi connectivity index (χ2n) is 6.11. The average Bonchev–Trinajstić information content (AvgIpc) is 2.64. The lowest BCUT2D eigenvalue weighted by molar-refractivity contribution is -0.384. The van der Waals surface area contributed by atoms with Crippen LogP contribution in [-0.2, 0) is 14.8 Å². The number of benzene rings is 2. The van der Waals surface area contributed by atoms with E-state index in [1.54, 1.807) is 13.8 Å². The topological polar surface area (TPSA) is 128 Å². The van der Waals surface area contributed by atoms with E-state index >= 15 is 0 Å². The fraction of sp³-hybridized carbons (Fsp3) is 0.278. The van der Waals surface area contributed by atoms with Crippen LogP contribution in [0.25, 0.3) is 0 Å². The van der Waals surface area contributed by atoms with Gasteiger partial charge in [0.2, 0.25) is 15.9 Å². The molecule has 11 heteroatoms. The van der Waals surface area contributed by atoms with Crippen LogP contribution in [0.2, 0.25) is 5.02 Å². The van der Waals surface area contributed by atoms with Gasteiger partial charge >= 0.3 is 0 Å². The van der Waals surface area contributed by atoms with Crippen molar-refractivity contribution in [2.24, 2.45) is 0 Å². The Morgan fingerprint density at radius 2 is 1.97 bits per heavy atom. The van der Waals surface area contributed by atoms with Gasteiger partial charge in [0, 0.05) is 12.1 Å². The van der Waals surface area contributed by atoms with Crippen molar-refractivity contribution >= 4 is 38.9 Å². The number of nitrogens with zero attached hydrogens (tertiary/aromatic N) is 1. The Kier molecular flexibility index (Phi) is 7.17. The quantitative estimate of drug-likeness (QED) is 0.478. The fourth-order valence-corrected chi connectivity index (χ4v) is 3.90. The first-order chi connectivity index (χ1) is 13.5. The van der Waals surface area contributed by atoms with Gasteiger partial charge in [-0.1, -0.05) is 17.7 Å². The molecule has 0 heterocycles. The fourth-order valence-electron chi connectivity index (χ4n) is 2.37. The molecular weight excluding hydrogens is 422 g/mol. The highest BCUT2D eigenvalue weighted by atomic mass is 35.5. The van der Waals surface area contributed by atoms with E-state index in [4.69, 9.17) is 16.3 Å². The summed E-state index contributed by atoms with van der Waals surface area (Å²) in [5.41, 5.74) is 0.625. The minimum Gasteiger partial charge on any atom is -0.492 e. The van der Waals surface area contributed by atoms with Crippen LogP contribution < -0.4 is 14.8 Å². The summed E-state index contributed by atoms with van der Waals surface area (Å²) in [4.78, 5) is 22.6. The monoisotopic (exact) mass is 441 g/mol. The number of halogens is 1. The van der Waals surface area contributed by atoms with Crippen molar-refractivity contribution in [2.45, 2.75) is 31.7 Å². The predicted molar refractivity (Wildman–Crippen MR) is 109 cm³/mol. The smallest absolute Gasteiger partial charge is 0.271 e. The predicted octanol–water partition coefficient (Wildman–Crippen LogP) is 3.26. The third-order valence-corrected chi connectivity index (χ3v) is 5.76. The molecule has 0 radical (unpaired) electrons. The van der Waals surface area contributed by atoms with Crippen LogP contribution >= 0.6 is 11.6 Å². The highest BCUT2D eigenvalue weighted by Gasteiger charge is 2.24. The molecule has 1 atom stereocenters. The second kappa shape index (κ2) is 9.21. The lowest BCUT2D eigenvalue weighted by Gasteiger charge is -2.16. The van der Waals surface area contributed by atoms with E-state index in [9.17, 15) is 23.3 Å². The van der Waals surface area contributed by atoms with Crippen molar-refractivity contribution in [3.05, 3.63) is 57.1 Å². The number of carbonyl (C=O) groups is 1.